The second-order valence-corrected chi connectivity index (χ2v) is 6.22. The van der Waals surface area contributed by atoms with Gasteiger partial charge in [0.2, 0.25) is 0 Å². The van der Waals surface area contributed by atoms with Gasteiger partial charge in [0, 0.05) is 17.5 Å². The van der Waals surface area contributed by atoms with Crippen molar-refractivity contribution in [2.75, 3.05) is 6.54 Å². The van der Waals surface area contributed by atoms with Crippen LogP contribution in [0.15, 0.2) is 47.8 Å². The highest BCUT2D eigenvalue weighted by Crippen LogP contribution is 2.26. The number of nitrogens with one attached hydrogen (secondary N) is 1. The van der Waals surface area contributed by atoms with E-state index in [1.807, 2.05) is 30.3 Å². The number of rotatable bonds is 6. The van der Waals surface area contributed by atoms with Crippen LogP contribution in [0, 0.1) is 17.2 Å². The van der Waals surface area contributed by atoms with Crippen LogP contribution >= 0.6 is 11.3 Å². The molecule has 2 aromatic rings. The maximum absolute atomic E-state index is 9.37. The van der Waals surface area contributed by atoms with E-state index in [1.165, 1.54) is 4.88 Å². The predicted octanol–water partition coefficient (Wildman–Crippen LogP) is 4.34. The third kappa shape index (κ3) is 3.69. The summed E-state index contributed by atoms with van der Waals surface area (Å²) in [6.45, 7) is 5.10. The minimum absolute atomic E-state index is 0.0996. The zero-order valence-corrected chi connectivity index (χ0v) is 12.7. The number of hydrogen-bond donors (Lipinski definition) is 1. The van der Waals surface area contributed by atoms with Gasteiger partial charge in [-0.15, -0.1) is 11.3 Å². The molecular formula is C17H20N2S. The summed E-state index contributed by atoms with van der Waals surface area (Å²) in [5.74, 6) is 0.404. The average Bonchev–Trinajstić information content (AvgIpc) is 2.98. The van der Waals surface area contributed by atoms with E-state index in [9.17, 15) is 5.26 Å². The molecule has 3 heteroatoms. The largest absolute Gasteiger partial charge is 0.307 e. The summed E-state index contributed by atoms with van der Waals surface area (Å²) in [5, 5.41) is 15.0. The topological polar surface area (TPSA) is 35.8 Å². The molecule has 1 aromatic heterocycles. The van der Waals surface area contributed by atoms with Gasteiger partial charge in [-0.05, 0) is 22.9 Å². The molecule has 20 heavy (non-hydrogen) atoms. The Morgan fingerprint density at radius 3 is 2.45 bits per heavy atom. The molecule has 0 aliphatic heterocycles. The van der Waals surface area contributed by atoms with Crippen LogP contribution in [0.2, 0.25) is 0 Å². The minimum Gasteiger partial charge on any atom is -0.307 e. The lowest BCUT2D eigenvalue weighted by atomic mass is 9.98. The van der Waals surface area contributed by atoms with Crippen molar-refractivity contribution >= 4 is 11.3 Å². The minimum atomic E-state index is -0.0996. The number of thiophene rings is 1. The van der Waals surface area contributed by atoms with Gasteiger partial charge in [0.25, 0.3) is 0 Å². The Morgan fingerprint density at radius 1 is 1.15 bits per heavy atom. The third-order valence-corrected chi connectivity index (χ3v) is 4.37. The van der Waals surface area contributed by atoms with Crippen LogP contribution in [-0.4, -0.2) is 6.54 Å². The fourth-order valence-corrected chi connectivity index (χ4v) is 3.27. The quantitative estimate of drug-likeness (QED) is 0.856. The fraction of sp³-hybridized carbons (Fsp3) is 0.353. The number of nitriles is 1. The highest BCUT2D eigenvalue weighted by molar-refractivity contribution is 7.10. The van der Waals surface area contributed by atoms with Gasteiger partial charge in [-0.25, -0.2) is 0 Å². The summed E-state index contributed by atoms with van der Waals surface area (Å²) < 4.78 is 0. The van der Waals surface area contributed by atoms with Crippen molar-refractivity contribution in [1.29, 1.82) is 5.26 Å². The van der Waals surface area contributed by atoms with Crippen LogP contribution in [0.5, 0.6) is 0 Å². The molecule has 104 valence electrons. The molecule has 1 aromatic carbocycles. The summed E-state index contributed by atoms with van der Waals surface area (Å²) in [5.41, 5.74) is 1.08. The third-order valence-electron chi connectivity index (χ3n) is 3.42. The summed E-state index contributed by atoms with van der Waals surface area (Å²) in [4.78, 5) is 1.34. The standard InChI is InChI=1S/C17H20N2S/c1-13(2)17(16-9-6-10-20-16)19-12-15(11-18)14-7-4-3-5-8-14/h3-10,13,15,17,19H,12H2,1-2H3. The highest BCUT2D eigenvalue weighted by atomic mass is 32.1. The van der Waals surface area contributed by atoms with Crippen LogP contribution in [0.1, 0.15) is 36.2 Å². The molecule has 0 spiro atoms. The Balaban J connectivity index is 2.04. The summed E-state index contributed by atoms with van der Waals surface area (Å²) >= 11 is 1.77. The van der Waals surface area contributed by atoms with E-state index >= 15 is 0 Å². The Morgan fingerprint density at radius 2 is 1.90 bits per heavy atom. The van der Waals surface area contributed by atoms with E-state index in [1.54, 1.807) is 11.3 Å². The van der Waals surface area contributed by atoms with E-state index in [4.69, 9.17) is 0 Å². The molecule has 0 aliphatic rings. The van der Waals surface area contributed by atoms with Gasteiger partial charge in [0.15, 0.2) is 0 Å². The number of benzene rings is 1. The summed E-state index contributed by atoms with van der Waals surface area (Å²) in [6.07, 6.45) is 0. The first kappa shape index (κ1) is 14.8. The number of hydrogen-bond acceptors (Lipinski definition) is 3. The van der Waals surface area contributed by atoms with Gasteiger partial charge in [-0.2, -0.15) is 5.26 Å². The van der Waals surface area contributed by atoms with Gasteiger partial charge in [-0.1, -0.05) is 50.2 Å². The molecule has 2 atom stereocenters. The Labute approximate surface area is 125 Å². The molecule has 0 bridgehead atoms. The first-order chi connectivity index (χ1) is 9.72. The van der Waals surface area contributed by atoms with Gasteiger partial charge in [0.05, 0.1) is 12.0 Å². The van der Waals surface area contributed by atoms with E-state index in [-0.39, 0.29) is 5.92 Å². The van der Waals surface area contributed by atoms with Gasteiger partial charge in [0.1, 0.15) is 0 Å². The lowest BCUT2D eigenvalue weighted by Crippen LogP contribution is -2.29. The van der Waals surface area contributed by atoms with E-state index in [2.05, 4.69) is 42.7 Å². The van der Waals surface area contributed by atoms with E-state index in [0.29, 0.717) is 18.5 Å². The van der Waals surface area contributed by atoms with Crippen LogP contribution in [0.3, 0.4) is 0 Å². The van der Waals surface area contributed by atoms with Gasteiger partial charge in [-0.3, -0.25) is 0 Å². The van der Waals surface area contributed by atoms with Crippen molar-refractivity contribution in [1.82, 2.24) is 5.32 Å². The zero-order valence-electron chi connectivity index (χ0n) is 11.9. The maximum atomic E-state index is 9.37. The second kappa shape index (κ2) is 7.23. The molecule has 0 saturated heterocycles. The van der Waals surface area contributed by atoms with Crippen LogP contribution in [0.25, 0.3) is 0 Å². The molecule has 1 heterocycles. The molecule has 0 radical (unpaired) electrons. The summed E-state index contributed by atoms with van der Waals surface area (Å²) in [6, 6.07) is 16.9. The van der Waals surface area contributed by atoms with Crippen molar-refractivity contribution in [3.8, 4) is 6.07 Å². The van der Waals surface area contributed by atoms with Crippen molar-refractivity contribution < 1.29 is 0 Å². The molecule has 1 N–H and O–H groups in total. The maximum Gasteiger partial charge on any atom is 0.0837 e. The molecule has 2 nitrogen and oxygen atoms in total. The first-order valence-corrected chi connectivity index (χ1v) is 7.81. The van der Waals surface area contributed by atoms with Crippen molar-refractivity contribution in [2.24, 2.45) is 5.92 Å². The SMILES string of the molecule is CC(C)C(NCC(C#N)c1ccccc1)c1cccs1. The molecule has 0 amide bonds. The molecule has 0 fully saturated rings. The second-order valence-electron chi connectivity index (χ2n) is 5.24. The van der Waals surface area contributed by atoms with Crippen molar-refractivity contribution in [2.45, 2.75) is 25.8 Å². The van der Waals surface area contributed by atoms with Crippen LogP contribution in [-0.2, 0) is 0 Å². The normalized spacial score (nSPS) is 13.9. The molecular weight excluding hydrogens is 264 g/mol. The molecule has 0 aliphatic carbocycles. The van der Waals surface area contributed by atoms with Crippen LogP contribution in [0.4, 0.5) is 0 Å². The van der Waals surface area contributed by atoms with Crippen molar-refractivity contribution in [3.63, 3.8) is 0 Å². The smallest absolute Gasteiger partial charge is 0.0837 e. The fourth-order valence-electron chi connectivity index (χ4n) is 2.30. The Hall–Kier alpha value is -1.63. The van der Waals surface area contributed by atoms with E-state index in [0.717, 1.165) is 5.56 Å². The van der Waals surface area contributed by atoms with Crippen LogP contribution < -0.4 is 5.32 Å². The lowest BCUT2D eigenvalue weighted by Gasteiger charge is -2.23. The van der Waals surface area contributed by atoms with E-state index < -0.39 is 0 Å². The summed E-state index contributed by atoms with van der Waals surface area (Å²) in [7, 11) is 0. The Bertz CT molecular complexity index is 540. The zero-order chi connectivity index (χ0) is 14.4. The monoisotopic (exact) mass is 284 g/mol. The van der Waals surface area contributed by atoms with Crippen molar-refractivity contribution in [3.05, 3.63) is 58.3 Å². The molecule has 0 saturated carbocycles. The highest BCUT2D eigenvalue weighted by Gasteiger charge is 2.18. The lowest BCUT2D eigenvalue weighted by molar-refractivity contribution is 0.414. The van der Waals surface area contributed by atoms with Gasteiger partial charge < -0.3 is 5.32 Å². The molecule has 2 unspecified atom stereocenters. The average molecular weight is 284 g/mol. The predicted molar refractivity (Wildman–Crippen MR) is 84.7 cm³/mol. The van der Waals surface area contributed by atoms with Gasteiger partial charge >= 0.3 is 0 Å². The number of nitrogens with zero attached hydrogens (tertiary/aromatic N) is 1. The molecule has 2 rings (SSSR count). The first-order valence-electron chi connectivity index (χ1n) is 6.93. The Kier molecular flexibility index (Phi) is 5.34.